The summed E-state index contributed by atoms with van der Waals surface area (Å²) in [4.78, 5) is 4.26. The number of aromatic nitrogens is 3. The van der Waals surface area contributed by atoms with Crippen molar-refractivity contribution < 1.29 is 0 Å². The van der Waals surface area contributed by atoms with Crippen LogP contribution in [0.15, 0.2) is 6.33 Å². The van der Waals surface area contributed by atoms with Gasteiger partial charge in [0, 0.05) is 19.5 Å². The minimum Gasteiger partial charge on any atom is -0.314 e. The van der Waals surface area contributed by atoms with Gasteiger partial charge in [-0.2, -0.15) is 5.10 Å². The van der Waals surface area contributed by atoms with Gasteiger partial charge in [0.2, 0.25) is 0 Å². The Labute approximate surface area is 98.5 Å². The topological polar surface area (TPSA) is 42.7 Å². The predicted octanol–water partition coefficient (Wildman–Crippen LogP) is 1.63. The average molecular weight is 224 g/mol. The molecular formula is C12H24N4. The van der Waals surface area contributed by atoms with E-state index in [1.807, 2.05) is 11.7 Å². The molecule has 1 aromatic heterocycles. The number of rotatable bonds is 6. The van der Waals surface area contributed by atoms with E-state index < -0.39 is 0 Å². The van der Waals surface area contributed by atoms with E-state index >= 15 is 0 Å². The minimum atomic E-state index is 0.560. The van der Waals surface area contributed by atoms with Gasteiger partial charge in [0.15, 0.2) is 0 Å². The largest absolute Gasteiger partial charge is 0.314 e. The molecule has 0 radical (unpaired) electrons. The van der Waals surface area contributed by atoms with Crippen molar-refractivity contribution in [2.75, 3.05) is 6.54 Å². The molecule has 0 spiro atoms. The third-order valence-corrected chi connectivity index (χ3v) is 3.13. The van der Waals surface area contributed by atoms with Crippen molar-refractivity contribution in [2.45, 2.75) is 40.2 Å². The van der Waals surface area contributed by atoms with Gasteiger partial charge in [-0.15, -0.1) is 0 Å². The Hall–Kier alpha value is -0.900. The molecule has 0 bridgehead atoms. The highest BCUT2D eigenvalue weighted by atomic mass is 15.3. The smallest absolute Gasteiger partial charge is 0.138 e. The van der Waals surface area contributed by atoms with E-state index in [1.54, 1.807) is 6.33 Å². The van der Waals surface area contributed by atoms with E-state index in [-0.39, 0.29) is 0 Å². The summed E-state index contributed by atoms with van der Waals surface area (Å²) in [7, 11) is 1.95. The van der Waals surface area contributed by atoms with Crippen molar-refractivity contribution in [1.82, 2.24) is 20.1 Å². The first-order valence-corrected chi connectivity index (χ1v) is 6.07. The number of aryl methyl sites for hydroxylation is 1. The molecule has 2 unspecified atom stereocenters. The fourth-order valence-corrected chi connectivity index (χ4v) is 1.62. The van der Waals surface area contributed by atoms with Crippen molar-refractivity contribution in [2.24, 2.45) is 18.9 Å². The Bertz CT molecular complexity index is 306. The van der Waals surface area contributed by atoms with Crippen LogP contribution in [-0.4, -0.2) is 27.4 Å². The number of hydrogen-bond donors (Lipinski definition) is 1. The van der Waals surface area contributed by atoms with Gasteiger partial charge in [-0.25, -0.2) is 4.98 Å². The first-order chi connectivity index (χ1) is 7.50. The Morgan fingerprint density at radius 3 is 2.44 bits per heavy atom. The van der Waals surface area contributed by atoms with Crippen molar-refractivity contribution >= 4 is 0 Å². The third kappa shape index (κ3) is 3.93. The molecule has 0 aromatic carbocycles. The predicted molar refractivity (Wildman–Crippen MR) is 66.2 cm³/mol. The standard InChI is InChI=1S/C12H24N4/c1-9(2)13-7-11(4)10(3)6-12-14-8-15-16(12)5/h8-11,13H,6-7H2,1-5H3. The Morgan fingerprint density at radius 1 is 1.25 bits per heavy atom. The zero-order chi connectivity index (χ0) is 12.1. The van der Waals surface area contributed by atoms with Crippen molar-refractivity contribution in [1.29, 1.82) is 0 Å². The van der Waals surface area contributed by atoms with Crippen LogP contribution >= 0.6 is 0 Å². The molecule has 0 amide bonds. The zero-order valence-corrected chi connectivity index (χ0v) is 11.1. The monoisotopic (exact) mass is 224 g/mol. The van der Waals surface area contributed by atoms with Crippen molar-refractivity contribution in [3.05, 3.63) is 12.2 Å². The van der Waals surface area contributed by atoms with Crippen LogP contribution in [0.5, 0.6) is 0 Å². The molecule has 4 heteroatoms. The van der Waals surface area contributed by atoms with Crippen LogP contribution in [0.25, 0.3) is 0 Å². The molecule has 0 saturated heterocycles. The van der Waals surface area contributed by atoms with E-state index in [2.05, 4.69) is 43.1 Å². The molecule has 2 atom stereocenters. The van der Waals surface area contributed by atoms with Crippen LogP contribution in [0.4, 0.5) is 0 Å². The fraction of sp³-hybridized carbons (Fsp3) is 0.833. The van der Waals surface area contributed by atoms with E-state index in [0.717, 1.165) is 18.8 Å². The second kappa shape index (κ2) is 5.99. The summed E-state index contributed by atoms with van der Waals surface area (Å²) in [5, 5.41) is 7.57. The Morgan fingerprint density at radius 2 is 1.94 bits per heavy atom. The van der Waals surface area contributed by atoms with Gasteiger partial charge in [0.1, 0.15) is 12.2 Å². The lowest BCUT2D eigenvalue weighted by Crippen LogP contribution is -2.31. The molecule has 1 aromatic rings. The molecule has 1 heterocycles. The third-order valence-electron chi connectivity index (χ3n) is 3.13. The maximum atomic E-state index is 4.26. The molecule has 16 heavy (non-hydrogen) atoms. The fourth-order valence-electron chi connectivity index (χ4n) is 1.62. The molecule has 1 N–H and O–H groups in total. The number of nitrogens with one attached hydrogen (secondary N) is 1. The van der Waals surface area contributed by atoms with Gasteiger partial charge in [-0.05, 0) is 18.4 Å². The quantitative estimate of drug-likeness (QED) is 0.798. The van der Waals surface area contributed by atoms with Crippen molar-refractivity contribution in [3.8, 4) is 0 Å². The van der Waals surface area contributed by atoms with Crippen molar-refractivity contribution in [3.63, 3.8) is 0 Å². The van der Waals surface area contributed by atoms with Gasteiger partial charge in [0.05, 0.1) is 0 Å². The average Bonchev–Trinajstić information content (AvgIpc) is 2.60. The van der Waals surface area contributed by atoms with Gasteiger partial charge in [-0.3, -0.25) is 4.68 Å². The molecule has 0 saturated carbocycles. The summed E-state index contributed by atoms with van der Waals surface area (Å²) >= 11 is 0. The highest BCUT2D eigenvalue weighted by Crippen LogP contribution is 2.14. The van der Waals surface area contributed by atoms with Crippen LogP contribution in [0, 0.1) is 11.8 Å². The second-order valence-corrected chi connectivity index (χ2v) is 5.02. The maximum Gasteiger partial charge on any atom is 0.138 e. The molecule has 0 aliphatic rings. The first-order valence-electron chi connectivity index (χ1n) is 6.07. The van der Waals surface area contributed by atoms with Crippen LogP contribution in [0.3, 0.4) is 0 Å². The molecule has 0 aliphatic heterocycles. The minimum absolute atomic E-state index is 0.560. The Kier molecular flexibility index (Phi) is 4.93. The summed E-state index contributed by atoms with van der Waals surface area (Å²) in [5.41, 5.74) is 0. The summed E-state index contributed by atoms with van der Waals surface area (Å²) in [5.74, 6) is 2.34. The van der Waals surface area contributed by atoms with Crippen LogP contribution in [-0.2, 0) is 13.5 Å². The summed E-state index contributed by atoms with van der Waals surface area (Å²) in [6.07, 6.45) is 2.62. The van der Waals surface area contributed by atoms with Gasteiger partial charge in [0.25, 0.3) is 0 Å². The lowest BCUT2D eigenvalue weighted by atomic mass is 9.92. The summed E-state index contributed by atoms with van der Waals surface area (Å²) in [6.45, 7) is 9.99. The maximum absolute atomic E-state index is 4.26. The highest BCUT2D eigenvalue weighted by molar-refractivity contribution is 4.86. The van der Waals surface area contributed by atoms with Crippen LogP contribution < -0.4 is 5.32 Å². The number of hydrogen-bond acceptors (Lipinski definition) is 3. The van der Waals surface area contributed by atoms with Gasteiger partial charge < -0.3 is 5.32 Å². The lowest BCUT2D eigenvalue weighted by molar-refractivity contribution is 0.346. The molecule has 1 rings (SSSR count). The van der Waals surface area contributed by atoms with E-state index in [4.69, 9.17) is 0 Å². The van der Waals surface area contributed by atoms with Crippen LogP contribution in [0.2, 0.25) is 0 Å². The molecule has 92 valence electrons. The zero-order valence-electron chi connectivity index (χ0n) is 11.1. The molecule has 4 nitrogen and oxygen atoms in total. The summed E-state index contributed by atoms with van der Waals surface area (Å²) in [6, 6.07) is 0.560. The second-order valence-electron chi connectivity index (χ2n) is 5.02. The molecule has 0 aliphatic carbocycles. The van der Waals surface area contributed by atoms with E-state index in [0.29, 0.717) is 17.9 Å². The normalized spacial score (nSPS) is 15.4. The van der Waals surface area contributed by atoms with E-state index in [1.165, 1.54) is 0 Å². The SMILES string of the molecule is CC(C)NCC(C)C(C)Cc1ncnn1C. The van der Waals surface area contributed by atoms with Gasteiger partial charge >= 0.3 is 0 Å². The number of nitrogens with zero attached hydrogens (tertiary/aromatic N) is 3. The first kappa shape index (κ1) is 13.2. The van der Waals surface area contributed by atoms with E-state index in [9.17, 15) is 0 Å². The molecule has 0 fully saturated rings. The Balaban J connectivity index is 2.40. The van der Waals surface area contributed by atoms with Gasteiger partial charge in [-0.1, -0.05) is 27.7 Å². The summed E-state index contributed by atoms with van der Waals surface area (Å²) < 4.78 is 1.86. The molecular weight excluding hydrogens is 200 g/mol. The highest BCUT2D eigenvalue weighted by Gasteiger charge is 2.15. The van der Waals surface area contributed by atoms with Crippen LogP contribution in [0.1, 0.15) is 33.5 Å². The lowest BCUT2D eigenvalue weighted by Gasteiger charge is -2.21.